The van der Waals surface area contributed by atoms with Gasteiger partial charge in [0.2, 0.25) is 0 Å². The van der Waals surface area contributed by atoms with Crippen molar-refractivity contribution in [3.8, 4) is 0 Å². The Morgan fingerprint density at radius 1 is 1.12 bits per heavy atom. The van der Waals surface area contributed by atoms with Crippen molar-refractivity contribution in [3.05, 3.63) is 59.3 Å². The zero-order chi connectivity index (χ0) is 22.5. The van der Waals surface area contributed by atoms with Crippen LogP contribution in [0.5, 0.6) is 0 Å². The van der Waals surface area contributed by atoms with Gasteiger partial charge in [-0.25, -0.2) is 13.8 Å². The normalized spacial score (nSPS) is 13.9. The van der Waals surface area contributed by atoms with Crippen molar-refractivity contribution in [2.45, 2.75) is 6.54 Å². The maximum atomic E-state index is 13.6. The Hall–Kier alpha value is -3.37. The highest BCUT2D eigenvalue weighted by Gasteiger charge is 2.17. The van der Waals surface area contributed by atoms with Crippen LogP contribution in [0.15, 0.2) is 36.5 Å². The van der Waals surface area contributed by atoms with E-state index in [0.29, 0.717) is 54.3 Å². The summed E-state index contributed by atoms with van der Waals surface area (Å²) in [7, 11) is 0. The number of fused-ring (bicyclic) bond motifs is 1. The van der Waals surface area contributed by atoms with Crippen LogP contribution >= 0.6 is 0 Å². The number of hydrogen-bond donors (Lipinski definition) is 3. The average molecular weight is 443 g/mol. The van der Waals surface area contributed by atoms with Gasteiger partial charge in [-0.05, 0) is 29.8 Å². The molecule has 168 valence electrons. The number of halogens is 2. The van der Waals surface area contributed by atoms with Crippen LogP contribution in [0.1, 0.15) is 15.9 Å². The number of nitrogens with one attached hydrogen (secondary N) is 2. The van der Waals surface area contributed by atoms with Crippen molar-refractivity contribution in [1.29, 1.82) is 0 Å². The molecule has 0 spiro atoms. The third-order valence-corrected chi connectivity index (χ3v) is 5.05. The smallest absolute Gasteiger partial charge is 0.251 e. The van der Waals surface area contributed by atoms with Gasteiger partial charge in [-0.15, -0.1) is 0 Å². The Morgan fingerprint density at radius 3 is 2.59 bits per heavy atom. The van der Waals surface area contributed by atoms with E-state index < -0.39 is 11.6 Å². The van der Waals surface area contributed by atoms with Gasteiger partial charge < -0.3 is 25.4 Å². The molecule has 1 aliphatic rings. The number of carbonyl (C=O) groups is 1. The molecule has 0 aliphatic carbocycles. The van der Waals surface area contributed by atoms with Crippen molar-refractivity contribution in [3.63, 3.8) is 0 Å². The van der Waals surface area contributed by atoms with E-state index in [1.54, 1.807) is 18.3 Å². The van der Waals surface area contributed by atoms with Crippen LogP contribution in [0.4, 0.5) is 20.3 Å². The molecule has 1 fully saturated rings. The van der Waals surface area contributed by atoms with Crippen molar-refractivity contribution < 1.29 is 23.4 Å². The summed E-state index contributed by atoms with van der Waals surface area (Å²) in [4.78, 5) is 23.8. The molecule has 4 rings (SSSR count). The van der Waals surface area contributed by atoms with E-state index >= 15 is 0 Å². The summed E-state index contributed by atoms with van der Waals surface area (Å²) >= 11 is 0. The second-order valence-electron chi connectivity index (χ2n) is 7.32. The number of aliphatic hydroxyl groups excluding tert-OH is 1. The van der Waals surface area contributed by atoms with Gasteiger partial charge in [0.05, 0.1) is 37.1 Å². The Bertz CT molecular complexity index is 1100. The fraction of sp³-hybridized carbons (Fsp3) is 0.318. The van der Waals surface area contributed by atoms with Crippen LogP contribution in [-0.4, -0.2) is 60.4 Å². The van der Waals surface area contributed by atoms with E-state index in [1.807, 2.05) is 0 Å². The third kappa shape index (κ3) is 5.09. The number of morpholine rings is 1. The summed E-state index contributed by atoms with van der Waals surface area (Å²) in [6.45, 7) is 2.69. The number of amides is 1. The van der Waals surface area contributed by atoms with Crippen LogP contribution in [0.2, 0.25) is 0 Å². The van der Waals surface area contributed by atoms with Gasteiger partial charge >= 0.3 is 0 Å². The lowest BCUT2D eigenvalue weighted by molar-refractivity contribution is 0.0944. The lowest BCUT2D eigenvalue weighted by Gasteiger charge is -2.27. The number of aromatic nitrogens is 2. The van der Waals surface area contributed by atoms with Crippen LogP contribution in [0.3, 0.4) is 0 Å². The summed E-state index contributed by atoms with van der Waals surface area (Å²) in [5.41, 5.74) is 2.35. The Kier molecular flexibility index (Phi) is 6.72. The Labute approximate surface area is 183 Å². The lowest BCUT2D eigenvalue weighted by Crippen LogP contribution is -2.36. The van der Waals surface area contributed by atoms with Crippen LogP contribution in [0, 0.1) is 11.6 Å². The summed E-state index contributed by atoms with van der Waals surface area (Å²) in [5, 5.41) is 14.6. The van der Waals surface area contributed by atoms with E-state index in [9.17, 15) is 13.6 Å². The fourth-order valence-corrected chi connectivity index (χ4v) is 3.51. The second kappa shape index (κ2) is 9.84. The third-order valence-electron chi connectivity index (χ3n) is 5.05. The highest BCUT2D eigenvalue weighted by molar-refractivity contribution is 5.98. The van der Waals surface area contributed by atoms with Gasteiger partial charge in [-0.1, -0.05) is 0 Å². The predicted octanol–water partition coefficient (Wildman–Crippen LogP) is 2.08. The molecule has 1 amide bonds. The first-order chi connectivity index (χ1) is 15.5. The maximum absolute atomic E-state index is 13.6. The standard InChI is InChI=1S/C22H23F2N5O3/c23-16-9-17(24)11-18(10-16)26-12-15-7-14(22(31)25-1-4-30)8-19-21(15)28-20(13-27-19)29-2-5-32-6-3-29/h7-11,13,26,30H,1-6,12H2,(H,25,31). The maximum Gasteiger partial charge on any atom is 0.251 e. The molecule has 1 aromatic heterocycles. The molecular weight excluding hydrogens is 420 g/mol. The molecule has 1 aliphatic heterocycles. The quantitative estimate of drug-likeness (QED) is 0.514. The Balaban J connectivity index is 1.69. The van der Waals surface area contributed by atoms with E-state index in [2.05, 4.69) is 20.5 Å². The number of nitrogens with zero attached hydrogens (tertiary/aromatic N) is 3. The molecule has 0 bridgehead atoms. The first kappa shape index (κ1) is 21.8. The molecule has 32 heavy (non-hydrogen) atoms. The summed E-state index contributed by atoms with van der Waals surface area (Å²) in [5.74, 6) is -1.05. The number of rotatable bonds is 7. The first-order valence-electron chi connectivity index (χ1n) is 10.2. The zero-order valence-corrected chi connectivity index (χ0v) is 17.3. The van der Waals surface area contributed by atoms with E-state index in [1.165, 1.54) is 12.1 Å². The lowest BCUT2D eigenvalue weighted by atomic mass is 10.1. The molecule has 3 aromatic rings. The minimum absolute atomic E-state index is 0.120. The minimum atomic E-state index is -0.691. The zero-order valence-electron chi connectivity index (χ0n) is 17.3. The van der Waals surface area contributed by atoms with E-state index in [-0.39, 0.29) is 31.3 Å². The molecule has 2 aromatic carbocycles. The monoisotopic (exact) mass is 443 g/mol. The number of ether oxygens (including phenoxy) is 1. The van der Waals surface area contributed by atoms with Gasteiger partial charge in [0.15, 0.2) is 0 Å². The van der Waals surface area contributed by atoms with Crippen LogP contribution in [0.25, 0.3) is 11.0 Å². The predicted molar refractivity (Wildman–Crippen MR) is 116 cm³/mol. The first-order valence-corrected chi connectivity index (χ1v) is 10.2. The number of hydrogen-bond acceptors (Lipinski definition) is 7. The summed E-state index contributed by atoms with van der Waals surface area (Å²) in [6.07, 6.45) is 1.65. The second-order valence-corrected chi connectivity index (χ2v) is 7.32. The fourth-order valence-electron chi connectivity index (χ4n) is 3.51. The topological polar surface area (TPSA) is 99.6 Å². The summed E-state index contributed by atoms with van der Waals surface area (Å²) in [6, 6.07) is 6.47. The number of anilines is 2. The van der Waals surface area contributed by atoms with Crippen molar-refractivity contribution >= 4 is 28.4 Å². The van der Waals surface area contributed by atoms with E-state index in [0.717, 1.165) is 6.07 Å². The van der Waals surface area contributed by atoms with Gasteiger partial charge in [-0.3, -0.25) is 9.78 Å². The highest BCUT2D eigenvalue weighted by atomic mass is 19.1. The number of benzene rings is 2. The number of aliphatic hydroxyl groups is 1. The van der Waals surface area contributed by atoms with Gasteiger partial charge in [0, 0.05) is 43.5 Å². The molecule has 0 atom stereocenters. The van der Waals surface area contributed by atoms with Gasteiger partial charge in [-0.2, -0.15) is 0 Å². The SMILES string of the molecule is O=C(NCCO)c1cc(CNc2cc(F)cc(F)c2)c2nc(N3CCOCC3)cnc2c1. The molecule has 2 heterocycles. The molecule has 3 N–H and O–H groups in total. The van der Waals surface area contributed by atoms with Gasteiger partial charge in [0.25, 0.3) is 5.91 Å². The van der Waals surface area contributed by atoms with Gasteiger partial charge in [0.1, 0.15) is 17.5 Å². The molecular formula is C22H23F2N5O3. The average Bonchev–Trinajstić information content (AvgIpc) is 2.80. The molecule has 0 saturated carbocycles. The van der Waals surface area contributed by atoms with E-state index in [4.69, 9.17) is 14.8 Å². The highest BCUT2D eigenvalue weighted by Crippen LogP contribution is 2.23. The van der Waals surface area contributed by atoms with Crippen molar-refractivity contribution in [2.24, 2.45) is 0 Å². The Morgan fingerprint density at radius 2 is 1.88 bits per heavy atom. The van der Waals surface area contributed by atoms with Crippen LogP contribution < -0.4 is 15.5 Å². The summed E-state index contributed by atoms with van der Waals surface area (Å²) < 4.78 is 32.5. The molecule has 10 heteroatoms. The molecule has 0 unspecified atom stereocenters. The minimum Gasteiger partial charge on any atom is -0.395 e. The molecule has 8 nitrogen and oxygen atoms in total. The van der Waals surface area contributed by atoms with Crippen LogP contribution in [-0.2, 0) is 11.3 Å². The van der Waals surface area contributed by atoms with Crippen molar-refractivity contribution in [1.82, 2.24) is 15.3 Å². The largest absolute Gasteiger partial charge is 0.395 e. The molecule has 1 saturated heterocycles. The van der Waals surface area contributed by atoms with Crippen molar-refractivity contribution in [2.75, 3.05) is 49.7 Å². The number of carbonyl (C=O) groups excluding carboxylic acids is 1. The molecule has 0 radical (unpaired) electrons.